The molecule has 0 spiro atoms. The molecule has 0 atom stereocenters. The molecule has 0 unspecified atom stereocenters. The molecule has 0 saturated heterocycles. The molecule has 1 aliphatic rings. The van der Waals surface area contributed by atoms with Gasteiger partial charge in [-0.05, 0) is 61.6 Å². The van der Waals surface area contributed by atoms with E-state index in [-0.39, 0.29) is 34.5 Å². The number of hydrogen-bond acceptors (Lipinski definition) is 5. The van der Waals surface area contributed by atoms with Crippen molar-refractivity contribution in [2.75, 3.05) is 10.5 Å². The predicted octanol–water partition coefficient (Wildman–Crippen LogP) is 3.37. The number of carbonyl (C=O) groups is 1. The lowest BCUT2D eigenvalue weighted by molar-refractivity contribution is 0.100. The Kier molecular flexibility index (Phi) is 4.34. The molecule has 1 aliphatic carbocycles. The Balaban J connectivity index is 1.94. The summed E-state index contributed by atoms with van der Waals surface area (Å²) in [6.45, 7) is 1.53. The van der Waals surface area contributed by atoms with Crippen LogP contribution in [0.1, 0.15) is 41.6 Å². The highest BCUT2D eigenvalue weighted by Crippen LogP contribution is 2.45. The molecule has 0 radical (unpaired) electrons. The number of nitrogens with two attached hydrogens (primary N) is 1. The summed E-state index contributed by atoms with van der Waals surface area (Å²) in [6.07, 6.45) is 1.81. The van der Waals surface area contributed by atoms with Gasteiger partial charge in [-0.25, -0.2) is 12.8 Å². The van der Waals surface area contributed by atoms with E-state index in [1.165, 1.54) is 31.2 Å². The SMILES string of the molecule is CCS(=O)(=O)Nc1nc2oc(-c3ccc(F)cc3)c(C(N)=O)c2cc1C1CC1. The Morgan fingerprint density at radius 3 is 2.57 bits per heavy atom. The number of carbonyl (C=O) groups excluding carboxylic acids is 1. The Morgan fingerprint density at radius 2 is 2.00 bits per heavy atom. The maximum Gasteiger partial charge on any atom is 0.253 e. The van der Waals surface area contributed by atoms with E-state index in [9.17, 15) is 17.6 Å². The van der Waals surface area contributed by atoms with Crippen LogP contribution in [0.4, 0.5) is 10.2 Å². The molecule has 1 amide bonds. The summed E-state index contributed by atoms with van der Waals surface area (Å²) in [6, 6.07) is 7.16. The Bertz CT molecular complexity index is 1180. The van der Waals surface area contributed by atoms with Crippen molar-refractivity contribution in [2.45, 2.75) is 25.7 Å². The number of anilines is 1. The first-order valence-electron chi connectivity index (χ1n) is 8.82. The van der Waals surface area contributed by atoms with Gasteiger partial charge in [-0.1, -0.05) is 0 Å². The van der Waals surface area contributed by atoms with Crippen molar-refractivity contribution in [3.63, 3.8) is 0 Å². The molecular weight excluding hydrogens is 385 g/mol. The molecule has 4 rings (SSSR count). The number of sulfonamides is 1. The average Bonchev–Trinajstić information content (AvgIpc) is 3.42. The highest BCUT2D eigenvalue weighted by Gasteiger charge is 2.31. The summed E-state index contributed by atoms with van der Waals surface area (Å²) in [4.78, 5) is 16.5. The second kappa shape index (κ2) is 6.59. The fraction of sp³-hybridized carbons (Fsp3) is 0.263. The van der Waals surface area contributed by atoms with Crippen molar-refractivity contribution in [2.24, 2.45) is 5.73 Å². The molecule has 2 aromatic heterocycles. The topological polar surface area (TPSA) is 115 Å². The van der Waals surface area contributed by atoms with Gasteiger partial charge < -0.3 is 10.2 Å². The normalized spacial score (nSPS) is 14.4. The number of halogens is 1. The van der Waals surface area contributed by atoms with Crippen LogP contribution in [-0.2, 0) is 10.0 Å². The molecule has 1 aromatic carbocycles. The zero-order chi connectivity index (χ0) is 20.1. The minimum absolute atomic E-state index is 0.0892. The van der Waals surface area contributed by atoms with Crippen molar-refractivity contribution < 1.29 is 22.0 Å². The van der Waals surface area contributed by atoms with E-state index in [0.717, 1.165) is 12.8 Å². The molecule has 28 heavy (non-hydrogen) atoms. The fourth-order valence-corrected chi connectivity index (χ4v) is 3.70. The summed E-state index contributed by atoms with van der Waals surface area (Å²) < 4.78 is 45.6. The van der Waals surface area contributed by atoms with Gasteiger partial charge in [-0.2, -0.15) is 4.98 Å². The van der Waals surface area contributed by atoms with Crippen molar-refractivity contribution in [1.29, 1.82) is 0 Å². The summed E-state index contributed by atoms with van der Waals surface area (Å²) in [5.41, 5.74) is 6.99. The Morgan fingerprint density at radius 1 is 1.32 bits per heavy atom. The van der Waals surface area contributed by atoms with Crippen LogP contribution < -0.4 is 10.5 Å². The van der Waals surface area contributed by atoms with Gasteiger partial charge in [-0.15, -0.1) is 0 Å². The van der Waals surface area contributed by atoms with E-state index in [1.807, 2.05) is 0 Å². The van der Waals surface area contributed by atoms with Gasteiger partial charge in [0.25, 0.3) is 5.91 Å². The van der Waals surface area contributed by atoms with E-state index in [2.05, 4.69) is 9.71 Å². The first-order chi connectivity index (χ1) is 13.3. The third-order valence-corrected chi connectivity index (χ3v) is 5.98. The first kappa shape index (κ1) is 18.4. The highest BCUT2D eigenvalue weighted by atomic mass is 32.2. The first-order valence-corrected chi connectivity index (χ1v) is 10.5. The van der Waals surface area contributed by atoms with Gasteiger partial charge in [0.05, 0.1) is 16.7 Å². The number of nitrogens with zero attached hydrogens (tertiary/aromatic N) is 1. The van der Waals surface area contributed by atoms with Crippen LogP contribution in [0.3, 0.4) is 0 Å². The largest absolute Gasteiger partial charge is 0.437 e. The Labute approximate surface area is 160 Å². The molecule has 0 bridgehead atoms. The third kappa shape index (κ3) is 3.33. The van der Waals surface area contributed by atoms with Crippen LogP contribution in [0.2, 0.25) is 0 Å². The maximum absolute atomic E-state index is 13.3. The lowest BCUT2D eigenvalue weighted by Gasteiger charge is -2.10. The van der Waals surface area contributed by atoms with E-state index in [4.69, 9.17) is 10.2 Å². The standard InChI is InChI=1S/C19H18FN3O4S/c1-2-28(25,26)23-18-13(10-3-4-10)9-14-15(17(21)24)16(27-19(14)22-18)11-5-7-12(20)8-6-11/h5-10H,2-4H2,1H3,(H2,21,24)(H,22,23). The molecule has 146 valence electrons. The van der Waals surface area contributed by atoms with Crippen LogP contribution in [0.15, 0.2) is 34.7 Å². The number of hydrogen-bond donors (Lipinski definition) is 2. The lowest BCUT2D eigenvalue weighted by atomic mass is 10.0. The number of aromatic nitrogens is 1. The van der Waals surface area contributed by atoms with Gasteiger partial charge in [0, 0.05) is 5.56 Å². The predicted molar refractivity (Wildman–Crippen MR) is 103 cm³/mol. The molecule has 1 saturated carbocycles. The zero-order valence-electron chi connectivity index (χ0n) is 15.0. The number of rotatable bonds is 6. The van der Waals surface area contributed by atoms with Gasteiger partial charge in [-0.3, -0.25) is 9.52 Å². The van der Waals surface area contributed by atoms with Gasteiger partial charge in [0.1, 0.15) is 17.4 Å². The van der Waals surface area contributed by atoms with Gasteiger partial charge in [0.15, 0.2) is 0 Å². The molecule has 2 heterocycles. The summed E-state index contributed by atoms with van der Waals surface area (Å²) in [7, 11) is -3.53. The van der Waals surface area contributed by atoms with Crippen molar-refractivity contribution in [1.82, 2.24) is 4.98 Å². The van der Waals surface area contributed by atoms with E-state index in [1.54, 1.807) is 6.07 Å². The number of pyridine rings is 1. The van der Waals surface area contributed by atoms with Crippen molar-refractivity contribution >= 4 is 32.8 Å². The van der Waals surface area contributed by atoms with Crippen LogP contribution in [0.5, 0.6) is 0 Å². The monoisotopic (exact) mass is 403 g/mol. The maximum atomic E-state index is 13.3. The second-order valence-electron chi connectivity index (χ2n) is 6.74. The third-order valence-electron chi connectivity index (χ3n) is 4.71. The van der Waals surface area contributed by atoms with Crippen LogP contribution in [0.25, 0.3) is 22.4 Å². The van der Waals surface area contributed by atoms with Crippen LogP contribution in [0, 0.1) is 5.82 Å². The second-order valence-corrected chi connectivity index (χ2v) is 8.75. The molecule has 1 fully saturated rings. The average molecular weight is 403 g/mol. The molecule has 3 aromatic rings. The molecule has 7 nitrogen and oxygen atoms in total. The summed E-state index contributed by atoms with van der Waals surface area (Å²) >= 11 is 0. The lowest BCUT2D eigenvalue weighted by Crippen LogP contribution is -2.17. The quantitative estimate of drug-likeness (QED) is 0.655. The van der Waals surface area contributed by atoms with Crippen molar-refractivity contribution in [3.05, 3.63) is 47.3 Å². The number of benzene rings is 1. The zero-order valence-corrected chi connectivity index (χ0v) is 15.8. The van der Waals surface area contributed by atoms with Crippen LogP contribution >= 0.6 is 0 Å². The Hall–Kier alpha value is -2.94. The molecular formula is C19H18FN3O4S. The van der Waals surface area contributed by atoms with Crippen molar-refractivity contribution in [3.8, 4) is 11.3 Å². The molecule has 9 heteroatoms. The fourth-order valence-electron chi connectivity index (χ4n) is 3.09. The minimum atomic E-state index is -3.53. The van der Waals surface area contributed by atoms with E-state index < -0.39 is 21.7 Å². The van der Waals surface area contributed by atoms with E-state index in [0.29, 0.717) is 16.5 Å². The van der Waals surface area contributed by atoms with Gasteiger partial charge in [0.2, 0.25) is 15.7 Å². The number of nitrogens with one attached hydrogen (secondary N) is 1. The number of primary amides is 1. The minimum Gasteiger partial charge on any atom is -0.437 e. The van der Waals surface area contributed by atoms with E-state index >= 15 is 0 Å². The number of fused-ring (bicyclic) bond motifs is 1. The number of amides is 1. The summed E-state index contributed by atoms with van der Waals surface area (Å²) in [5, 5.41) is 0.410. The smallest absolute Gasteiger partial charge is 0.253 e. The number of furan rings is 1. The molecule has 3 N–H and O–H groups in total. The highest BCUT2D eigenvalue weighted by molar-refractivity contribution is 7.92. The summed E-state index contributed by atoms with van der Waals surface area (Å²) in [5.74, 6) is -0.687. The van der Waals surface area contributed by atoms with Crippen LogP contribution in [-0.4, -0.2) is 25.1 Å². The molecule has 0 aliphatic heterocycles. The van der Waals surface area contributed by atoms with Gasteiger partial charge >= 0.3 is 0 Å².